The Kier molecular flexibility index (Phi) is 5.12. The molecule has 0 spiro atoms. The van der Waals surface area contributed by atoms with Crippen molar-refractivity contribution in [1.82, 2.24) is 10.6 Å². The van der Waals surface area contributed by atoms with Crippen LogP contribution >= 0.6 is 24.0 Å². The largest absolute Gasteiger partial charge is 0.486 e. The normalized spacial score (nSPS) is 20.6. The average molecular weight is 375 g/mol. The van der Waals surface area contributed by atoms with Crippen molar-refractivity contribution in [3.63, 3.8) is 0 Å². The SMILES string of the molecule is I.c1ccc2c(c1)OCC(CNC1=NCCCN1)O2. The third kappa shape index (κ3) is 3.65. The fraction of sp³-hybridized carbons (Fsp3) is 0.462. The van der Waals surface area contributed by atoms with Crippen LogP contribution in [0.5, 0.6) is 11.5 Å². The quantitative estimate of drug-likeness (QED) is 0.768. The minimum absolute atomic E-state index is 0. The molecule has 1 unspecified atom stereocenters. The first-order chi connectivity index (χ1) is 8.92. The number of hydrogen-bond donors (Lipinski definition) is 2. The summed E-state index contributed by atoms with van der Waals surface area (Å²) in [6.45, 7) is 3.13. The van der Waals surface area contributed by atoms with E-state index in [0.29, 0.717) is 13.2 Å². The molecule has 1 aromatic carbocycles. The molecule has 2 aliphatic rings. The van der Waals surface area contributed by atoms with E-state index in [-0.39, 0.29) is 30.1 Å². The summed E-state index contributed by atoms with van der Waals surface area (Å²) in [5, 5.41) is 6.48. The van der Waals surface area contributed by atoms with E-state index in [4.69, 9.17) is 9.47 Å². The van der Waals surface area contributed by atoms with Crippen LogP contribution in [0.25, 0.3) is 0 Å². The maximum Gasteiger partial charge on any atom is 0.191 e. The van der Waals surface area contributed by atoms with E-state index in [1.54, 1.807) is 0 Å². The van der Waals surface area contributed by atoms with Crippen LogP contribution in [0, 0.1) is 0 Å². The zero-order valence-corrected chi connectivity index (χ0v) is 12.9. The van der Waals surface area contributed by atoms with Crippen molar-refractivity contribution in [3.05, 3.63) is 24.3 Å². The molecule has 0 radical (unpaired) electrons. The molecule has 0 amide bonds. The number of benzene rings is 1. The maximum atomic E-state index is 5.85. The van der Waals surface area contributed by atoms with Crippen LogP contribution in [0.2, 0.25) is 0 Å². The van der Waals surface area contributed by atoms with Gasteiger partial charge in [-0.1, -0.05) is 12.1 Å². The average Bonchev–Trinajstić information content (AvgIpc) is 2.46. The number of guanidine groups is 1. The van der Waals surface area contributed by atoms with Crippen molar-refractivity contribution in [2.45, 2.75) is 12.5 Å². The van der Waals surface area contributed by atoms with Crippen LogP contribution in [0.3, 0.4) is 0 Å². The highest BCUT2D eigenvalue weighted by Gasteiger charge is 2.20. The fourth-order valence-corrected chi connectivity index (χ4v) is 2.03. The Morgan fingerprint density at radius 2 is 2.16 bits per heavy atom. The van der Waals surface area contributed by atoms with Crippen molar-refractivity contribution < 1.29 is 9.47 Å². The molecule has 5 nitrogen and oxygen atoms in total. The molecule has 0 fully saturated rings. The molecule has 0 saturated carbocycles. The highest BCUT2D eigenvalue weighted by atomic mass is 127. The van der Waals surface area contributed by atoms with Gasteiger partial charge in [0.2, 0.25) is 0 Å². The lowest BCUT2D eigenvalue weighted by Gasteiger charge is -2.27. The van der Waals surface area contributed by atoms with Gasteiger partial charge in [0.25, 0.3) is 0 Å². The van der Waals surface area contributed by atoms with E-state index in [1.807, 2.05) is 24.3 Å². The summed E-state index contributed by atoms with van der Waals surface area (Å²) in [6.07, 6.45) is 1.12. The highest BCUT2D eigenvalue weighted by Crippen LogP contribution is 2.30. The van der Waals surface area contributed by atoms with Gasteiger partial charge < -0.3 is 20.1 Å². The second-order valence-electron chi connectivity index (χ2n) is 4.39. The molecule has 2 aliphatic heterocycles. The number of fused-ring (bicyclic) bond motifs is 1. The Labute approximate surface area is 129 Å². The molecule has 1 atom stereocenters. The number of nitrogens with one attached hydrogen (secondary N) is 2. The molecule has 0 bridgehead atoms. The summed E-state index contributed by atoms with van der Waals surface area (Å²) in [7, 11) is 0. The number of halogens is 1. The van der Waals surface area contributed by atoms with Crippen LogP contribution in [0.1, 0.15) is 6.42 Å². The molecular formula is C13H18IN3O2. The van der Waals surface area contributed by atoms with Crippen molar-refractivity contribution in [2.75, 3.05) is 26.2 Å². The Hall–Kier alpha value is -1.18. The van der Waals surface area contributed by atoms with Crippen molar-refractivity contribution in [1.29, 1.82) is 0 Å². The van der Waals surface area contributed by atoms with E-state index in [0.717, 1.165) is 37.0 Å². The second kappa shape index (κ2) is 6.83. The number of rotatable bonds is 2. The summed E-state index contributed by atoms with van der Waals surface area (Å²) in [4.78, 5) is 4.36. The summed E-state index contributed by atoms with van der Waals surface area (Å²) < 4.78 is 11.5. The third-order valence-electron chi connectivity index (χ3n) is 2.96. The molecule has 0 aromatic heterocycles. The third-order valence-corrected chi connectivity index (χ3v) is 2.96. The minimum Gasteiger partial charge on any atom is -0.486 e. The first-order valence-electron chi connectivity index (χ1n) is 6.32. The fourth-order valence-electron chi connectivity index (χ4n) is 2.03. The Bertz CT molecular complexity index is 453. The zero-order valence-electron chi connectivity index (χ0n) is 10.6. The van der Waals surface area contributed by atoms with Gasteiger partial charge in [0.1, 0.15) is 12.7 Å². The minimum atomic E-state index is 0. The van der Waals surface area contributed by atoms with Gasteiger partial charge in [-0.2, -0.15) is 0 Å². The van der Waals surface area contributed by atoms with Crippen LogP contribution < -0.4 is 20.1 Å². The highest BCUT2D eigenvalue weighted by molar-refractivity contribution is 14.0. The number of ether oxygens (including phenoxy) is 2. The topological polar surface area (TPSA) is 54.9 Å². The maximum absolute atomic E-state index is 5.85. The van der Waals surface area contributed by atoms with Gasteiger partial charge >= 0.3 is 0 Å². The second-order valence-corrected chi connectivity index (χ2v) is 4.39. The van der Waals surface area contributed by atoms with Crippen LogP contribution in [0.15, 0.2) is 29.3 Å². The van der Waals surface area contributed by atoms with Crippen molar-refractivity contribution >= 4 is 29.9 Å². The zero-order chi connectivity index (χ0) is 12.2. The summed E-state index contributed by atoms with van der Waals surface area (Å²) in [5.74, 6) is 2.50. The molecule has 0 aliphatic carbocycles. The Balaban J connectivity index is 0.00000133. The van der Waals surface area contributed by atoms with Gasteiger partial charge in [-0.05, 0) is 18.6 Å². The lowest BCUT2D eigenvalue weighted by Crippen LogP contribution is -2.46. The lowest BCUT2D eigenvalue weighted by molar-refractivity contribution is 0.0936. The van der Waals surface area contributed by atoms with Crippen LogP contribution in [-0.4, -0.2) is 38.3 Å². The summed E-state index contributed by atoms with van der Waals surface area (Å²) in [5.41, 5.74) is 0. The standard InChI is InChI=1S/C13H17N3O2.HI/c1-2-5-12-11(4-1)17-9-10(18-12)8-16-13-14-6-3-7-15-13;/h1-2,4-5,10H,3,6-9H2,(H2,14,15,16);1H. The Morgan fingerprint density at radius 3 is 2.95 bits per heavy atom. The van der Waals surface area contributed by atoms with Gasteiger partial charge in [0.15, 0.2) is 17.5 Å². The molecule has 104 valence electrons. The molecule has 19 heavy (non-hydrogen) atoms. The Morgan fingerprint density at radius 1 is 1.32 bits per heavy atom. The molecular weight excluding hydrogens is 357 g/mol. The van der Waals surface area contributed by atoms with E-state index < -0.39 is 0 Å². The molecule has 6 heteroatoms. The number of aliphatic imine (C=N–C) groups is 1. The van der Waals surface area contributed by atoms with E-state index >= 15 is 0 Å². The monoisotopic (exact) mass is 375 g/mol. The van der Waals surface area contributed by atoms with Gasteiger partial charge in [-0.25, -0.2) is 0 Å². The van der Waals surface area contributed by atoms with E-state index in [1.165, 1.54) is 0 Å². The van der Waals surface area contributed by atoms with E-state index in [9.17, 15) is 0 Å². The smallest absolute Gasteiger partial charge is 0.191 e. The van der Waals surface area contributed by atoms with E-state index in [2.05, 4.69) is 15.6 Å². The van der Waals surface area contributed by atoms with Gasteiger partial charge in [0, 0.05) is 13.1 Å². The number of para-hydroxylation sites is 2. The first-order valence-corrected chi connectivity index (χ1v) is 6.32. The van der Waals surface area contributed by atoms with Gasteiger partial charge in [-0.3, -0.25) is 4.99 Å². The van der Waals surface area contributed by atoms with Crippen molar-refractivity contribution in [3.8, 4) is 11.5 Å². The molecule has 3 rings (SSSR count). The molecule has 2 N–H and O–H groups in total. The van der Waals surface area contributed by atoms with Crippen molar-refractivity contribution in [2.24, 2.45) is 4.99 Å². The molecule has 0 saturated heterocycles. The first kappa shape index (κ1) is 14.2. The number of nitrogens with zero attached hydrogens (tertiary/aromatic N) is 1. The van der Waals surface area contributed by atoms with Crippen LogP contribution in [0.4, 0.5) is 0 Å². The van der Waals surface area contributed by atoms with Gasteiger partial charge in [0.05, 0.1) is 6.54 Å². The van der Waals surface area contributed by atoms with Crippen LogP contribution in [-0.2, 0) is 0 Å². The molecule has 2 heterocycles. The molecule has 1 aromatic rings. The number of hydrogen-bond acceptors (Lipinski definition) is 5. The predicted octanol–water partition coefficient (Wildman–Crippen LogP) is 1.38. The van der Waals surface area contributed by atoms with Gasteiger partial charge in [-0.15, -0.1) is 24.0 Å². The lowest BCUT2D eigenvalue weighted by atomic mass is 10.2. The summed E-state index contributed by atoms with van der Waals surface area (Å²) in [6, 6.07) is 7.75. The predicted molar refractivity (Wildman–Crippen MR) is 84.7 cm³/mol. The summed E-state index contributed by atoms with van der Waals surface area (Å²) >= 11 is 0.